The van der Waals surface area contributed by atoms with Crippen molar-refractivity contribution in [1.82, 2.24) is 10.6 Å². The molecule has 1 aromatic rings. The zero-order valence-electron chi connectivity index (χ0n) is 10.0. The third-order valence-corrected chi connectivity index (χ3v) is 3.69. The summed E-state index contributed by atoms with van der Waals surface area (Å²) in [4.78, 5) is 0. The SMILES string of the molecule is Cc1cc(CNCC2CNCC2O)ccc1Cl. The standard InChI is InChI=1S/C13H19ClN2O/c1-9-4-10(2-3-12(9)14)5-15-6-11-7-16-8-13(11)17/h2-4,11,13,15-17H,5-8H2,1H3. The molecule has 2 atom stereocenters. The van der Waals surface area contributed by atoms with Crippen LogP contribution in [0, 0.1) is 12.8 Å². The van der Waals surface area contributed by atoms with Crippen LogP contribution in [0.25, 0.3) is 0 Å². The van der Waals surface area contributed by atoms with Crippen molar-refractivity contribution >= 4 is 11.6 Å². The first-order valence-electron chi connectivity index (χ1n) is 6.01. The van der Waals surface area contributed by atoms with Crippen LogP contribution in [-0.2, 0) is 6.54 Å². The average molecular weight is 255 g/mol. The lowest BCUT2D eigenvalue weighted by molar-refractivity contribution is 0.146. The van der Waals surface area contributed by atoms with Gasteiger partial charge in [0.25, 0.3) is 0 Å². The van der Waals surface area contributed by atoms with Crippen LogP contribution in [0.1, 0.15) is 11.1 Å². The summed E-state index contributed by atoms with van der Waals surface area (Å²) in [5.74, 6) is 0.323. The molecule has 94 valence electrons. The number of rotatable bonds is 4. The third-order valence-electron chi connectivity index (χ3n) is 3.26. The van der Waals surface area contributed by atoms with Gasteiger partial charge in [0.1, 0.15) is 0 Å². The highest BCUT2D eigenvalue weighted by Crippen LogP contribution is 2.16. The van der Waals surface area contributed by atoms with Gasteiger partial charge in [-0.15, -0.1) is 0 Å². The number of hydrogen-bond donors (Lipinski definition) is 3. The summed E-state index contributed by atoms with van der Waals surface area (Å²) < 4.78 is 0. The molecular formula is C13H19ClN2O. The van der Waals surface area contributed by atoms with Gasteiger partial charge in [-0.3, -0.25) is 0 Å². The monoisotopic (exact) mass is 254 g/mol. The van der Waals surface area contributed by atoms with Crippen LogP contribution < -0.4 is 10.6 Å². The van der Waals surface area contributed by atoms with E-state index in [1.54, 1.807) is 0 Å². The van der Waals surface area contributed by atoms with Gasteiger partial charge in [0.2, 0.25) is 0 Å². The Morgan fingerprint density at radius 1 is 1.47 bits per heavy atom. The molecule has 0 radical (unpaired) electrons. The highest BCUT2D eigenvalue weighted by Gasteiger charge is 2.23. The Morgan fingerprint density at radius 2 is 2.29 bits per heavy atom. The Bertz CT molecular complexity index is 384. The van der Waals surface area contributed by atoms with Crippen LogP contribution in [0.3, 0.4) is 0 Å². The Kier molecular flexibility index (Phi) is 4.40. The topological polar surface area (TPSA) is 44.3 Å². The minimum atomic E-state index is -0.213. The lowest BCUT2D eigenvalue weighted by Gasteiger charge is -2.14. The van der Waals surface area contributed by atoms with Gasteiger partial charge in [0.05, 0.1) is 6.10 Å². The van der Waals surface area contributed by atoms with Gasteiger partial charge in [-0.05, 0) is 24.1 Å². The number of benzene rings is 1. The fraction of sp³-hybridized carbons (Fsp3) is 0.538. The van der Waals surface area contributed by atoms with Crippen LogP contribution >= 0.6 is 11.6 Å². The Morgan fingerprint density at radius 3 is 2.94 bits per heavy atom. The molecule has 1 fully saturated rings. The molecule has 3 nitrogen and oxygen atoms in total. The molecule has 0 amide bonds. The summed E-state index contributed by atoms with van der Waals surface area (Å²) in [6, 6.07) is 6.06. The molecule has 3 N–H and O–H groups in total. The fourth-order valence-electron chi connectivity index (χ4n) is 2.15. The molecule has 0 aliphatic carbocycles. The summed E-state index contributed by atoms with van der Waals surface area (Å²) in [6.45, 7) is 5.29. The number of aliphatic hydroxyl groups excluding tert-OH is 1. The van der Waals surface area contributed by atoms with Crippen LogP contribution in [0.4, 0.5) is 0 Å². The molecule has 1 heterocycles. The second-order valence-corrected chi connectivity index (χ2v) is 5.11. The molecule has 0 bridgehead atoms. The van der Waals surface area contributed by atoms with Crippen LogP contribution in [0.15, 0.2) is 18.2 Å². The van der Waals surface area contributed by atoms with Gasteiger partial charge in [-0.2, -0.15) is 0 Å². The van der Waals surface area contributed by atoms with E-state index in [-0.39, 0.29) is 6.10 Å². The van der Waals surface area contributed by atoms with E-state index in [1.807, 2.05) is 19.1 Å². The van der Waals surface area contributed by atoms with Gasteiger partial charge >= 0.3 is 0 Å². The molecule has 17 heavy (non-hydrogen) atoms. The minimum absolute atomic E-state index is 0.213. The van der Waals surface area contributed by atoms with Crippen molar-refractivity contribution in [2.45, 2.75) is 19.6 Å². The molecule has 0 saturated carbocycles. The van der Waals surface area contributed by atoms with Crippen molar-refractivity contribution in [2.24, 2.45) is 5.92 Å². The number of aryl methyl sites for hydroxylation is 1. The van der Waals surface area contributed by atoms with Crippen molar-refractivity contribution in [3.63, 3.8) is 0 Å². The van der Waals surface area contributed by atoms with E-state index in [9.17, 15) is 5.11 Å². The summed E-state index contributed by atoms with van der Waals surface area (Å²) in [5.41, 5.74) is 2.33. The summed E-state index contributed by atoms with van der Waals surface area (Å²) in [7, 11) is 0. The molecule has 4 heteroatoms. The molecule has 1 aromatic carbocycles. The van der Waals surface area contributed by atoms with Crippen LogP contribution in [-0.4, -0.2) is 30.8 Å². The molecule has 1 saturated heterocycles. The first-order chi connectivity index (χ1) is 8.16. The minimum Gasteiger partial charge on any atom is -0.391 e. The lowest BCUT2D eigenvalue weighted by atomic mass is 10.1. The van der Waals surface area contributed by atoms with Gasteiger partial charge in [-0.25, -0.2) is 0 Å². The molecule has 0 spiro atoms. The van der Waals surface area contributed by atoms with E-state index in [4.69, 9.17) is 11.6 Å². The summed E-state index contributed by atoms with van der Waals surface area (Å²) in [6.07, 6.45) is -0.213. The highest BCUT2D eigenvalue weighted by molar-refractivity contribution is 6.31. The van der Waals surface area contributed by atoms with Crippen molar-refractivity contribution in [3.05, 3.63) is 34.3 Å². The van der Waals surface area contributed by atoms with E-state index in [0.29, 0.717) is 12.5 Å². The number of aliphatic hydroxyl groups is 1. The van der Waals surface area contributed by atoms with Crippen LogP contribution in [0.2, 0.25) is 5.02 Å². The maximum atomic E-state index is 9.65. The van der Waals surface area contributed by atoms with Gasteiger partial charge in [-0.1, -0.05) is 23.7 Å². The second-order valence-electron chi connectivity index (χ2n) is 4.70. The highest BCUT2D eigenvalue weighted by atomic mass is 35.5. The van der Waals surface area contributed by atoms with Crippen molar-refractivity contribution in [1.29, 1.82) is 0 Å². The van der Waals surface area contributed by atoms with Crippen molar-refractivity contribution in [2.75, 3.05) is 19.6 Å². The van der Waals surface area contributed by atoms with E-state index in [0.717, 1.165) is 30.2 Å². The fourth-order valence-corrected chi connectivity index (χ4v) is 2.26. The Labute approximate surface area is 107 Å². The number of nitrogens with one attached hydrogen (secondary N) is 2. The Hall–Kier alpha value is -0.610. The smallest absolute Gasteiger partial charge is 0.0716 e. The van der Waals surface area contributed by atoms with E-state index < -0.39 is 0 Å². The van der Waals surface area contributed by atoms with Gasteiger partial charge in [0, 0.05) is 37.1 Å². The van der Waals surface area contributed by atoms with Gasteiger partial charge < -0.3 is 15.7 Å². The average Bonchev–Trinajstić information content (AvgIpc) is 2.70. The molecule has 1 aliphatic rings. The molecule has 0 aromatic heterocycles. The van der Waals surface area contributed by atoms with Crippen LogP contribution in [0.5, 0.6) is 0 Å². The quantitative estimate of drug-likeness (QED) is 0.759. The third kappa shape index (κ3) is 3.42. The number of halogens is 1. The second kappa shape index (κ2) is 5.83. The first-order valence-corrected chi connectivity index (χ1v) is 6.39. The zero-order valence-corrected chi connectivity index (χ0v) is 10.8. The predicted octanol–water partition coefficient (Wildman–Crippen LogP) is 1.32. The molecule has 2 rings (SSSR count). The maximum absolute atomic E-state index is 9.65. The largest absolute Gasteiger partial charge is 0.391 e. The molecular weight excluding hydrogens is 236 g/mol. The Balaban J connectivity index is 1.79. The molecule has 1 aliphatic heterocycles. The first kappa shape index (κ1) is 12.8. The normalized spacial score (nSPS) is 24.2. The number of hydrogen-bond acceptors (Lipinski definition) is 3. The number of β-amino-alcohol motifs (C(OH)–C–C–N with tert-alkyl or cyclic N) is 1. The summed E-state index contributed by atoms with van der Waals surface area (Å²) in [5, 5.41) is 17.0. The lowest BCUT2D eigenvalue weighted by Crippen LogP contribution is -2.30. The molecule has 2 unspecified atom stereocenters. The van der Waals surface area contributed by atoms with Crippen molar-refractivity contribution < 1.29 is 5.11 Å². The van der Waals surface area contributed by atoms with Gasteiger partial charge in [0.15, 0.2) is 0 Å². The maximum Gasteiger partial charge on any atom is 0.0716 e. The summed E-state index contributed by atoms with van der Waals surface area (Å²) >= 11 is 5.98. The van der Waals surface area contributed by atoms with E-state index >= 15 is 0 Å². The van der Waals surface area contributed by atoms with E-state index in [2.05, 4.69) is 16.7 Å². The van der Waals surface area contributed by atoms with E-state index in [1.165, 1.54) is 5.56 Å². The van der Waals surface area contributed by atoms with Crippen molar-refractivity contribution in [3.8, 4) is 0 Å². The predicted molar refractivity (Wildman–Crippen MR) is 70.3 cm³/mol. The zero-order chi connectivity index (χ0) is 12.3.